The fourth-order valence-corrected chi connectivity index (χ4v) is 2.85. The molecule has 5 nitrogen and oxygen atoms in total. The van der Waals surface area contributed by atoms with Crippen LogP contribution in [-0.4, -0.2) is 28.9 Å². The smallest absolute Gasteiger partial charge is 0.418 e. The van der Waals surface area contributed by atoms with Crippen molar-refractivity contribution in [3.8, 4) is 5.75 Å². The number of urea groups is 1. The van der Waals surface area contributed by atoms with Crippen molar-refractivity contribution in [1.29, 1.82) is 0 Å². The second kappa shape index (κ2) is 7.88. The molecule has 1 N–H and O–H groups in total. The van der Waals surface area contributed by atoms with E-state index in [1.807, 2.05) is 12.1 Å². The third-order valence-corrected chi connectivity index (χ3v) is 4.25. The van der Waals surface area contributed by atoms with Crippen molar-refractivity contribution in [1.82, 2.24) is 5.01 Å². The van der Waals surface area contributed by atoms with Gasteiger partial charge in [-0.15, -0.1) is 8.78 Å². The monoisotopic (exact) mass is 433 g/mol. The first-order chi connectivity index (χ1) is 12.7. The zero-order chi connectivity index (χ0) is 19.6. The van der Waals surface area contributed by atoms with Crippen molar-refractivity contribution in [2.24, 2.45) is 5.10 Å². The number of carbonyl (C=O) groups excluding carboxylic acids is 1. The number of ether oxygens (including phenoxy) is 1. The van der Waals surface area contributed by atoms with Crippen LogP contribution in [0, 0.1) is 0 Å². The average Bonchev–Trinajstić information content (AvgIpc) is 3.07. The second-order valence-electron chi connectivity index (χ2n) is 5.55. The molecule has 1 heterocycles. The Morgan fingerprint density at radius 1 is 1.19 bits per heavy atom. The molecule has 0 aromatic heterocycles. The Morgan fingerprint density at radius 3 is 2.52 bits per heavy atom. The van der Waals surface area contributed by atoms with Crippen LogP contribution in [0.15, 0.2) is 47.6 Å². The van der Waals surface area contributed by atoms with Crippen molar-refractivity contribution < 1.29 is 18.3 Å². The maximum atomic E-state index is 12.7. The van der Waals surface area contributed by atoms with Gasteiger partial charge >= 0.3 is 11.6 Å². The molecular formula is C17H12Cl3F2N3O2. The summed E-state index contributed by atoms with van der Waals surface area (Å²) >= 11 is 16.4. The number of halogens is 5. The summed E-state index contributed by atoms with van der Waals surface area (Å²) in [6, 6.07) is 10.5. The lowest BCUT2D eigenvalue weighted by Crippen LogP contribution is -2.28. The maximum Gasteiger partial charge on any atom is 0.487 e. The Morgan fingerprint density at radius 2 is 1.89 bits per heavy atom. The number of benzene rings is 2. The topological polar surface area (TPSA) is 53.9 Å². The lowest BCUT2D eigenvalue weighted by molar-refractivity contribution is -0.0964. The normalized spacial score (nSPS) is 14.1. The Labute approximate surface area is 168 Å². The fraction of sp³-hybridized carbons (Fsp3) is 0.176. The van der Waals surface area contributed by atoms with E-state index < -0.39 is 11.6 Å². The highest BCUT2D eigenvalue weighted by Gasteiger charge is 2.29. The van der Waals surface area contributed by atoms with Gasteiger partial charge in [0.25, 0.3) is 0 Å². The average molecular weight is 435 g/mol. The Bertz CT molecular complexity index is 886. The van der Waals surface area contributed by atoms with Gasteiger partial charge in [0.2, 0.25) is 0 Å². The first-order valence-corrected chi connectivity index (χ1v) is 8.82. The molecule has 142 valence electrons. The van der Waals surface area contributed by atoms with E-state index in [2.05, 4.69) is 15.2 Å². The number of nitrogens with one attached hydrogen (secondary N) is 1. The van der Waals surface area contributed by atoms with Crippen molar-refractivity contribution in [2.45, 2.75) is 12.0 Å². The molecule has 0 fully saturated rings. The molecule has 0 saturated carbocycles. The number of hydrogen-bond donors (Lipinski definition) is 1. The zero-order valence-corrected chi connectivity index (χ0v) is 15.8. The van der Waals surface area contributed by atoms with E-state index in [1.165, 1.54) is 23.2 Å². The fourth-order valence-electron chi connectivity index (χ4n) is 2.42. The van der Waals surface area contributed by atoms with Gasteiger partial charge in [0, 0.05) is 28.7 Å². The van der Waals surface area contributed by atoms with Crippen LogP contribution in [0.2, 0.25) is 10.0 Å². The number of hydrazone groups is 1. The van der Waals surface area contributed by atoms with Crippen molar-refractivity contribution in [3.63, 3.8) is 0 Å². The minimum atomic E-state index is -3.88. The number of alkyl halides is 3. The van der Waals surface area contributed by atoms with Crippen LogP contribution in [0.1, 0.15) is 12.0 Å². The summed E-state index contributed by atoms with van der Waals surface area (Å²) in [6.07, 6.45) is 0.591. The van der Waals surface area contributed by atoms with Gasteiger partial charge in [0.15, 0.2) is 0 Å². The van der Waals surface area contributed by atoms with Crippen LogP contribution < -0.4 is 10.1 Å². The van der Waals surface area contributed by atoms with Crippen molar-refractivity contribution >= 4 is 52.2 Å². The summed E-state index contributed by atoms with van der Waals surface area (Å²) in [5, 5.41) is 8.65. The van der Waals surface area contributed by atoms with Gasteiger partial charge in [-0.05, 0) is 35.9 Å². The highest BCUT2D eigenvalue weighted by atomic mass is 35.5. The Kier molecular flexibility index (Phi) is 5.74. The summed E-state index contributed by atoms with van der Waals surface area (Å²) < 4.78 is 29.6. The molecule has 0 spiro atoms. The lowest BCUT2D eigenvalue weighted by atomic mass is 10.1. The van der Waals surface area contributed by atoms with Crippen molar-refractivity contribution in [3.05, 3.63) is 58.1 Å². The Balaban J connectivity index is 1.67. The van der Waals surface area contributed by atoms with Crippen LogP contribution >= 0.6 is 34.8 Å². The molecule has 1 aliphatic rings. The van der Waals surface area contributed by atoms with E-state index >= 15 is 0 Å². The standard InChI is InChI=1S/C17H12Cl3F2N3O2/c18-11-3-1-10(2-4-11)14-7-8-25(24-14)16(26)23-12-5-6-15(13(19)9-12)27-17(20,21)22/h1-6,9H,7-8H2,(H,23,26). The highest BCUT2D eigenvalue weighted by Crippen LogP contribution is 2.33. The predicted molar refractivity (Wildman–Crippen MR) is 101 cm³/mol. The number of nitrogens with zero attached hydrogens (tertiary/aromatic N) is 2. The molecule has 0 unspecified atom stereocenters. The van der Waals surface area contributed by atoms with Crippen LogP contribution in [0.3, 0.4) is 0 Å². The van der Waals surface area contributed by atoms with E-state index in [-0.39, 0.29) is 10.8 Å². The quantitative estimate of drug-likeness (QED) is 0.618. The molecule has 2 aromatic carbocycles. The summed E-state index contributed by atoms with van der Waals surface area (Å²) in [6.45, 7) is 0.400. The number of amides is 2. The first-order valence-electron chi connectivity index (χ1n) is 7.68. The van der Waals surface area contributed by atoms with Gasteiger partial charge in [0.05, 0.1) is 17.3 Å². The lowest BCUT2D eigenvalue weighted by Gasteiger charge is -2.15. The molecule has 3 rings (SSSR count). The van der Waals surface area contributed by atoms with Gasteiger partial charge < -0.3 is 10.1 Å². The molecule has 0 atom stereocenters. The first kappa shape index (κ1) is 19.7. The second-order valence-corrected chi connectivity index (χ2v) is 6.83. The largest absolute Gasteiger partial charge is 0.487 e. The minimum absolute atomic E-state index is 0.125. The van der Waals surface area contributed by atoms with Crippen molar-refractivity contribution in [2.75, 3.05) is 11.9 Å². The van der Waals surface area contributed by atoms with Gasteiger partial charge in [-0.3, -0.25) is 0 Å². The van der Waals surface area contributed by atoms with Crippen LogP contribution in [0.5, 0.6) is 5.75 Å². The summed E-state index contributed by atoms with van der Waals surface area (Å²) in [4.78, 5) is 12.3. The molecule has 27 heavy (non-hydrogen) atoms. The Hall–Kier alpha value is -2.09. The molecule has 0 radical (unpaired) electrons. The molecule has 0 aliphatic carbocycles. The van der Waals surface area contributed by atoms with Crippen LogP contribution in [-0.2, 0) is 0 Å². The molecule has 10 heteroatoms. The summed E-state index contributed by atoms with van der Waals surface area (Å²) in [7, 11) is 0. The van der Waals surface area contributed by atoms with E-state index in [0.29, 0.717) is 23.7 Å². The number of carbonyl (C=O) groups is 1. The number of anilines is 1. The SMILES string of the molecule is O=C(Nc1ccc(OC(F)(F)Cl)c(Cl)c1)N1CCC(c2ccc(Cl)cc2)=N1. The number of rotatable bonds is 4. The van der Waals surface area contributed by atoms with Gasteiger partial charge in [-0.1, -0.05) is 35.3 Å². The predicted octanol–water partition coefficient (Wildman–Crippen LogP) is 5.80. The van der Waals surface area contributed by atoms with Crippen LogP contribution in [0.25, 0.3) is 0 Å². The van der Waals surface area contributed by atoms with Gasteiger partial charge in [-0.2, -0.15) is 5.10 Å². The third kappa shape index (κ3) is 5.22. The molecular weight excluding hydrogens is 423 g/mol. The van der Waals surface area contributed by atoms with E-state index in [1.54, 1.807) is 12.1 Å². The zero-order valence-electron chi connectivity index (χ0n) is 13.6. The molecule has 2 aromatic rings. The van der Waals surface area contributed by atoms with Gasteiger partial charge in [0.1, 0.15) is 5.75 Å². The molecule has 2 amide bonds. The number of hydrogen-bond acceptors (Lipinski definition) is 3. The van der Waals surface area contributed by atoms with Gasteiger partial charge in [-0.25, -0.2) is 9.80 Å². The van der Waals surface area contributed by atoms with E-state index in [9.17, 15) is 13.6 Å². The molecule has 0 bridgehead atoms. The van der Waals surface area contributed by atoms with Crippen LogP contribution in [0.4, 0.5) is 19.3 Å². The minimum Gasteiger partial charge on any atom is -0.418 e. The third-order valence-electron chi connectivity index (χ3n) is 3.62. The summed E-state index contributed by atoms with van der Waals surface area (Å²) in [5.41, 5.74) is -1.95. The molecule has 1 aliphatic heterocycles. The molecule has 0 saturated heterocycles. The van der Waals surface area contributed by atoms with E-state index in [4.69, 9.17) is 34.8 Å². The maximum absolute atomic E-state index is 12.7. The highest BCUT2D eigenvalue weighted by molar-refractivity contribution is 6.32. The van der Waals surface area contributed by atoms with E-state index in [0.717, 1.165) is 11.3 Å². The summed E-state index contributed by atoms with van der Waals surface area (Å²) in [5.74, 6) is -0.307.